The summed E-state index contributed by atoms with van der Waals surface area (Å²) in [5.74, 6) is -0.393. The first-order valence-electron chi connectivity index (χ1n) is 9.73. The summed E-state index contributed by atoms with van der Waals surface area (Å²) in [6.07, 6.45) is 0.308. The van der Waals surface area contributed by atoms with Crippen LogP contribution in [0.25, 0.3) is 0 Å². The van der Waals surface area contributed by atoms with Crippen molar-refractivity contribution in [2.75, 3.05) is 19.6 Å². The van der Waals surface area contributed by atoms with E-state index in [0.717, 1.165) is 5.56 Å². The number of rotatable bonds is 6. The number of carbonyl (C=O) groups excluding carboxylic acids is 2. The number of urea groups is 1. The zero-order valence-corrected chi connectivity index (χ0v) is 15.9. The second-order valence-corrected chi connectivity index (χ2v) is 7.49. The highest BCUT2D eigenvalue weighted by molar-refractivity contribution is 5.88. The highest BCUT2D eigenvalue weighted by atomic mass is 16.7. The van der Waals surface area contributed by atoms with Gasteiger partial charge < -0.3 is 14.9 Å². The molecule has 0 unspecified atom stereocenters. The normalized spacial score (nSPS) is 26.1. The van der Waals surface area contributed by atoms with Gasteiger partial charge in [-0.25, -0.2) is 15.1 Å². The Bertz CT molecular complexity index is 775. The Morgan fingerprint density at radius 1 is 1.14 bits per heavy atom. The Balaban J connectivity index is 1.29. The van der Waals surface area contributed by atoms with Crippen molar-refractivity contribution in [1.29, 1.82) is 0 Å². The van der Waals surface area contributed by atoms with Crippen LogP contribution in [0.4, 0.5) is 9.59 Å². The maximum atomic E-state index is 12.7. The SMILES string of the molecule is O=C(NO[C@H]1CCN(C(=O)O)C1)[C@@H]1CC[C@@H]2CN1C(=O)N2OCc1ccccc1. The molecular weight excluding hydrogens is 380 g/mol. The molecule has 0 aromatic heterocycles. The van der Waals surface area contributed by atoms with Crippen LogP contribution in [0, 0.1) is 0 Å². The monoisotopic (exact) mass is 404 g/mol. The molecule has 1 aromatic carbocycles. The minimum atomic E-state index is -1.00. The molecule has 1 aromatic rings. The molecule has 0 spiro atoms. The molecule has 0 radical (unpaired) electrons. The van der Waals surface area contributed by atoms with E-state index in [1.54, 1.807) is 0 Å². The van der Waals surface area contributed by atoms with Crippen LogP contribution in [0.3, 0.4) is 0 Å². The lowest BCUT2D eigenvalue weighted by molar-refractivity contribution is -0.143. The van der Waals surface area contributed by atoms with Gasteiger partial charge in [0.1, 0.15) is 18.8 Å². The highest BCUT2D eigenvalue weighted by Gasteiger charge is 2.48. The standard InChI is InChI=1S/C19H24N4O6/c24-17(20-29-15-8-9-21(11-15)19(26)27)16-7-6-14-10-22(16)18(25)23(14)28-12-13-4-2-1-3-5-13/h1-5,14-16H,6-12H2,(H,20,24)(H,26,27)/t14-,15+,16+/m1/s1. The molecule has 10 heteroatoms. The third-order valence-corrected chi connectivity index (χ3v) is 5.58. The fraction of sp³-hybridized carbons (Fsp3) is 0.526. The minimum Gasteiger partial charge on any atom is -0.465 e. The molecule has 10 nitrogen and oxygen atoms in total. The van der Waals surface area contributed by atoms with E-state index in [-0.39, 0.29) is 24.7 Å². The van der Waals surface area contributed by atoms with Crippen molar-refractivity contribution < 1.29 is 29.2 Å². The number of fused-ring (bicyclic) bond motifs is 2. The van der Waals surface area contributed by atoms with E-state index in [4.69, 9.17) is 14.8 Å². The second kappa shape index (κ2) is 8.26. The molecule has 3 aliphatic heterocycles. The number of benzene rings is 1. The summed E-state index contributed by atoms with van der Waals surface area (Å²) < 4.78 is 0. The van der Waals surface area contributed by atoms with Gasteiger partial charge in [0, 0.05) is 13.1 Å². The van der Waals surface area contributed by atoms with E-state index in [1.165, 1.54) is 14.9 Å². The van der Waals surface area contributed by atoms with E-state index >= 15 is 0 Å². The van der Waals surface area contributed by atoms with Crippen molar-refractivity contribution in [3.05, 3.63) is 35.9 Å². The predicted octanol–water partition coefficient (Wildman–Crippen LogP) is 1.19. The quantitative estimate of drug-likeness (QED) is 0.689. The van der Waals surface area contributed by atoms with E-state index in [2.05, 4.69) is 5.48 Å². The van der Waals surface area contributed by atoms with Gasteiger partial charge in [0.25, 0.3) is 5.91 Å². The van der Waals surface area contributed by atoms with Crippen LogP contribution < -0.4 is 5.48 Å². The summed E-state index contributed by atoms with van der Waals surface area (Å²) in [5, 5.41) is 10.4. The van der Waals surface area contributed by atoms with Gasteiger partial charge in [-0.3, -0.25) is 14.5 Å². The Morgan fingerprint density at radius 2 is 1.93 bits per heavy atom. The molecule has 2 bridgehead atoms. The second-order valence-electron chi connectivity index (χ2n) is 7.49. The average Bonchev–Trinajstić information content (AvgIpc) is 3.30. The smallest absolute Gasteiger partial charge is 0.407 e. The fourth-order valence-corrected chi connectivity index (χ4v) is 4.00. The van der Waals surface area contributed by atoms with Gasteiger partial charge in [0.15, 0.2) is 0 Å². The third-order valence-electron chi connectivity index (χ3n) is 5.58. The number of likely N-dealkylation sites (tertiary alicyclic amines) is 1. The molecule has 3 aliphatic rings. The van der Waals surface area contributed by atoms with Crippen LogP contribution in [0.2, 0.25) is 0 Å². The molecule has 156 valence electrons. The summed E-state index contributed by atoms with van der Waals surface area (Å²) in [7, 11) is 0. The number of nitrogens with one attached hydrogen (secondary N) is 1. The van der Waals surface area contributed by atoms with Gasteiger partial charge in [0.05, 0.1) is 12.6 Å². The number of carbonyl (C=O) groups is 3. The predicted molar refractivity (Wildman–Crippen MR) is 99.2 cm³/mol. The van der Waals surface area contributed by atoms with Crippen LogP contribution in [0.15, 0.2) is 30.3 Å². The largest absolute Gasteiger partial charge is 0.465 e. The van der Waals surface area contributed by atoms with Gasteiger partial charge in [-0.1, -0.05) is 30.3 Å². The van der Waals surface area contributed by atoms with E-state index in [9.17, 15) is 14.4 Å². The number of hydrogen-bond acceptors (Lipinski definition) is 5. The number of amides is 4. The molecular formula is C19H24N4O6. The molecule has 4 rings (SSSR count). The summed E-state index contributed by atoms with van der Waals surface area (Å²) in [4.78, 5) is 50.1. The number of piperidine rings is 1. The molecule has 3 heterocycles. The van der Waals surface area contributed by atoms with E-state index in [1.807, 2.05) is 30.3 Å². The van der Waals surface area contributed by atoms with E-state index in [0.29, 0.717) is 39.0 Å². The molecule has 29 heavy (non-hydrogen) atoms. The Labute approximate surface area is 167 Å². The molecule has 4 amide bonds. The number of hydrogen-bond donors (Lipinski definition) is 2. The lowest BCUT2D eigenvalue weighted by Gasteiger charge is -2.29. The van der Waals surface area contributed by atoms with Crippen LogP contribution >= 0.6 is 0 Å². The van der Waals surface area contributed by atoms with Gasteiger partial charge in [-0.05, 0) is 24.8 Å². The average molecular weight is 404 g/mol. The number of carboxylic acid groups (broad SMARTS) is 1. The summed E-state index contributed by atoms with van der Waals surface area (Å²) in [5.41, 5.74) is 3.38. The van der Waals surface area contributed by atoms with Gasteiger partial charge in [0.2, 0.25) is 0 Å². The molecule has 2 N–H and O–H groups in total. The van der Waals surface area contributed by atoms with Crippen molar-refractivity contribution in [2.24, 2.45) is 0 Å². The lowest BCUT2D eigenvalue weighted by atomic mass is 10.0. The molecule has 3 atom stereocenters. The Morgan fingerprint density at radius 3 is 2.66 bits per heavy atom. The first-order valence-corrected chi connectivity index (χ1v) is 9.73. The van der Waals surface area contributed by atoms with Gasteiger partial charge >= 0.3 is 12.1 Å². The zero-order valence-electron chi connectivity index (χ0n) is 15.9. The third kappa shape index (κ3) is 4.13. The van der Waals surface area contributed by atoms with Crippen molar-refractivity contribution in [1.82, 2.24) is 20.3 Å². The number of hydroxylamine groups is 3. The molecule has 0 aliphatic carbocycles. The maximum Gasteiger partial charge on any atom is 0.407 e. The van der Waals surface area contributed by atoms with Gasteiger partial charge in [-0.2, -0.15) is 5.06 Å². The molecule has 3 fully saturated rings. The van der Waals surface area contributed by atoms with Crippen molar-refractivity contribution >= 4 is 18.0 Å². The number of nitrogens with zero attached hydrogens (tertiary/aromatic N) is 3. The van der Waals surface area contributed by atoms with Gasteiger partial charge in [-0.15, -0.1) is 0 Å². The lowest BCUT2D eigenvalue weighted by Crippen LogP contribution is -2.50. The van der Waals surface area contributed by atoms with Crippen molar-refractivity contribution in [3.8, 4) is 0 Å². The van der Waals surface area contributed by atoms with Crippen LogP contribution in [-0.4, -0.2) is 75.8 Å². The summed E-state index contributed by atoms with van der Waals surface area (Å²) >= 11 is 0. The van der Waals surface area contributed by atoms with E-state index < -0.39 is 18.0 Å². The summed E-state index contributed by atoms with van der Waals surface area (Å²) in [6.45, 7) is 1.31. The maximum absolute atomic E-state index is 12.7. The van der Waals surface area contributed by atoms with Crippen LogP contribution in [-0.2, 0) is 21.1 Å². The van der Waals surface area contributed by atoms with Crippen LogP contribution in [0.5, 0.6) is 0 Å². The minimum absolute atomic E-state index is 0.0739. The van der Waals surface area contributed by atoms with Crippen molar-refractivity contribution in [3.63, 3.8) is 0 Å². The van der Waals surface area contributed by atoms with Crippen molar-refractivity contribution in [2.45, 2.75) is 44.1 Å². The first-order chi connectivity index (χ1) is 14.0. The Kier molecular flexibility index (Phi) is 5.54. The highest BCUT2D eigenvalue weighted by Crippen LogP contribution is 2.30. The molecule has 3 saturated heterocycles. The molecule has 0 saturated carbocycles. The summed E-state index contributed by atoms with van der Waals surface area (Å²) in [6, 6.07) is 8.57. The Hall–Kier alpha value is -2.85. The topological polar surface area (TPSA) is 112 Å². The first kappa shape index (κ1) is 19.5. The zero-order chi connectivity index (χ0) is 20.4. The van der Waals surface area contributed by atoms with Crippen LogP contribution in [0.1, 0.15) is 24.8 Å². The fourth-order valence-electron chi connectivity index (χ4n) is 4.00.